The quantitative estimate of drug-likeness (QED) is 0.563. The van der Waals surface area contributed by atoms with Crippen LogP contribution in [0.5, 0.6) is 0 Å². The van der Waals surface area contributed by atoms with Crippen molar-refractivity contribution in [1.82, 2.24) is 4.90 Å². The smallest absolute Gasteiger partial charge is 0.0165 e. The van der Waals surface area contributed by atoms with E-state index < -0.39 is 0 Å². The van der Waals surface area contributed by atoms with Gasteiger partial charge in [-0.05, 0) is 32.9 Å². The van der Waals surface area contributed by atoms with Gasteiger partial charge >= 0.3 is 0 Å². The number of rotatable bonds is 1. The number of likely N-dealkylation sites (N-methyl/N-ethyl adjacent to an activating group) is 1. The monoisotopic (exact) mass is 183 g/mol. The van der Waals surface area contributed by atoms with Gasteiger partial charge in [0.1, 0.15) is 0 Å². The van der Waals surface area contributed by atoms with Crippen LogP contribution in [0.4, 0.5) is 0 Å². The van der Waals surface area contributed by atoms with Crippen LogP contribution in [0.1, 0.15) is 47.0 Å². The third-order valence-corrected chi connectivity index (χ3v) is 2.19. The van der Waals surface area contributed by atoms with Gasteiger partial charge in [-0.2, -0.15) is 0 Å². The number of hydrogen-bond donors (Lipinski definition) is 0. The van der Waals surface area contributed by atoms with Crippen LogP contribution >= 0.6 is 0 Å². The largest absolute Gasteiger partial charge is 0.300 e. The van der Waals surface area contributed by atoms with Crippen LogP contribution in [0.25, 0.3) is 0 Å². The van der Waals surface area contributed by atoms with E-state index in [1.807, 2.05) is 0 Å². The maximum absolute atomic E-state index is 2.48. The van der Waals surface area contributed by atoms with E-state index in [0.717, 1.165) is 0 Å². The lowest BCUT2D eigenvalue weighted by atomic mass is 10.2. The van der Waals surface area contributed by atoms with Crippen LogP contribution in [0.15, 0.2) is 11.6 Å². The van der Waals surface area contributed by atoms with Gasteiger partial charge < -0.3 is 0 Å². The molecule has 0 N–H and O–H groups in total. The summed E-state index contributed by atoms with van der Waals surface area (Å²) < 4.78 is 0. The van der Waals surface area contributed by atoms with E-state index in [0.29, 0.717) is 0 Å². The molecule has 1 heteroatoms. The fourth-order valence-corrected chi connectivity index (χ4v) is 1.35. The summed E-state index contributed by atoms with van der Waals surface area (Å²) in [7, 11) is 0. The van der Waals surface area contributed by atoms with Crippen molar-refractivity contribution in [2.75, 3.05) is 19.6 Å². The van der Waals surface area contributed by atoms with Crippen LogP contribution in [0, 0.1) is 0 Å². The molecule has 0 aromatic heterocycles. The zero-order valence-electron chi connectivity index (χ0n) is 9.77. The predicted molar refractivity (Wildman–Crippen MR) is 61.1 cm³/mol. The standard InChI is InChI=1S/C9H17N.C3H8/c1-3-10-7-4-5-9(2)6-8-10;1-3-2/h6H,3-5,7-8H2,1-2H3;3H2,1-2H3. The third kappa shape index (κ3) is 6.83. The van der Waals surface area contributed by atoms with Gasteiger partial charge in [0.15, 0.2) is 0 Å². The van der Waals surface area contributed by atoms with E-state index in [4.69, 9.17) is 0 Å². The molecule has 1 rings (SSSR count). The first-order valence-corrected chi connectivity index (χ1v) is 5.62. The SMILES string of the molecule is CCC.CCN1CC=C(C)CCC1. The Kier molecular flexibility index (Phi) is 8.11. The lowest BCUT2D eigenvalue weighted by Crippen LogP contribution is -2.23. The predicted octanol–water partition coefficient (Wildman–Crippen LogP) is 3.46. The Morgan fingerprint density at radius 2 is 1.92 bits per heavy atom. The highest BCUT2D eigenvalue weighted by Gasteiger charge is 2.03. The number of allylic oxidation sites excluding steroid dienone is 1. The molecule has 0 amide bonds. The zero-order valence-corrected chi connectivity index (χ0v) is 9.77. The average Bonchev–Trinajstić information content (AvgIpc) is 2.31. The van der Waals surface area contributed by atoms with Gasteiger partial charge in [-0.1, -0.05) is 38.8 Å². The molecule has 0 aliphatic carbocycles. The molecule has 1 heterocycles. The van der Waals surface area contributed by atoms with Crippen molar-refractivity contribution in [3.05, 3.63) is 11.6 Å². The van der Waals surface area contributed by atoms with E-state index in [1.54, 1.807) is 5.57 Å². The Morgan fingerprint density at radius 1 is 1.31 bits per heavy atom. The highest BCUT2D eigenvalue weighted by atomic mass is 15.1. The number of nitrogens with zero attached hydrogens (tertiary/aromatic N) is 1. The zero-order chi connectivity index (χ0) is 10.1. The Bertz CT molecular complexity index is 138. The summed E-state index contributed by atoms with van der Waals surface area (Å²) in [6.45, 7) is 12.4. The Labute approximate surface area is 83.8 Å². The van der Waals surface area contributed by atoms with Crippen LogP contribution in [0.2, 0.25) is 0 Å². The molecule has 0 radical (unpaired) electrons. The van der Waals surface area contributed by atoms with Crippen molar-refractivity contribution in [3.8, 4) is 0 Å². The molecule has 0 saturated heterocycles. The maximum atomic E-state index is 2.48. The van der Waals surface area contributed by atoms with Crippen LogP contribution in [-0.4, -0.2) is 24.5 Å². The first-order chi connectivity index (χ1) is 6.24. The summed E-state index contributed by atoms with van der Waals surface area (Å²) in [6.07, 6.45) is 6.25. The van der Waals surface area contributed by atoms with Crippen LogP contribution in [-0.2, 0) is 0 Å². The van der Waals surface area contributed by atoms with Gasteiger partial charge in [-0.15, -0.1) is 0 Å². The molecule has 78 valence electrons. The summed E-state index contributed by atoms with van der Waals surface area (Å²) in [5, 5.41) is 0. The van der Waals surface area contributed by atoms with E-state index in [2.05, 4.69) is 38.7 Å². The maximum Gasteiger partial charge on any atom is 0.0165 e. The number of hydrogen-bond acceptors (Lipinski definition) is 1. The molecule has 0 spiro atoms. The molecule has 0 unspecified atom stereocenters. The summed E-state index contributed by atoms with van der Waals surface area (Å²) in [5.74, 6) is 0. The van der Waals surface area contributed by atoms with Crippen LogP contribution < -0.4 is 0 Å². The molecule has 0 fully saturated rings. The second kappa shape index (κ2) is 8.31. The van der Waals surface area contributed by atoms with Crippen molar-refractivity contribution in [3.63, 3.8) is 0 Å². The van der Waals surface area contributed by atoms with Crippen molar-refractivity contribution in [2.45, 2.75) is 47.0 Å². The summed E-state index contributed by atoms with van der Waals surface area (Å²) in [5.41, 5.74) is 1.57. The topological polar surface area (TPSA) is 3.24 Å². The fraction of sp³-hybridized carbons (Fsp3) is 0.833. The van der Waals surface area contributed by atoms with Crippen LogP contribution in [0.3, 0.4) is 0 Å². The molecule has 0 saturated carbocycles. The molecule has 0 atom stereocenters. The van der Waals surface area contributed by atoms with Crippen molar-refractivity contribution < 1.29 is 0 Å². The third-order valence-electron chi connectivity index (χ3n) is 2.19. The fourth-order valence-electron chi connectivity index (χ4n) is 1.35. The average molecular weight is 183 g/mol. The lowest BCUT2D eigenvalue weighted by molar-refractivity contribution is 0.321. The van der Waals surface area contributed by atoms with E-state index >= 15 is 0 Å². The summed E-state index contributed by atoms with van der Waals surface area (Å²) in [6, 6.07) is 0. The van der Waals surface area contributed by atoms with Gasteiger partial charge in [-0.3, -0.25) is 4.90 Å². The summed E-state index contributed by atoms with van der Waals surface area (Å²) >= 11 is 0. The highest BCUT2D eigenvalue weighted by Crippen LogP contribution is 2.09. The van der Waals surface area contributed by atoms with Gasteiger partial charge in [0.2, 0.25) is 0 Å². The highest BCUT2D eigenvalue weighted by molar-refractivity contribution is 5.01. The molecular formula is C12H25N. The van der Waals surface area contributed by atoms with Crippen molar-refractivity contribution >= 4 is 0 Å². The first kappa shape index (κ1) is 12.7. The van der Waals surface area contributed by atoms with Crippen molar-refractivity contribution in [1.29, 1.82) is 0 Å². The normalized spacial score (nSPS) is 18.3. The molecule has 13 heavy (non-hydrogen) atoms. The lowest BCUT2D eigenvalue weighted by Gasteiger charge is -2.15. The van der Waals surface area contributed by atoms with E-state index in [-0.39, 0.29) is 0 Å². The minimum absolute atomic E-state index is 1.17. The van der Waals surface area contributed by atoms with E-state index in [1.165, 1.54) is 38.9 Å². The van der Waals surface area contributed by atoms with Gasteiger partial charge in [0, 0.05) is 6.54 Å². The first-order valence-electron chi connectivity index (χ1n) is 5.62. The van der Waals surface area contributed by atoms with Gasteiger partial charge in [0.25, 0.3) is 0 Å². The molecular weight excluding hydrogens is 158 g/mol. The molecule has 1 aliphatic heterocycles. The molecule has 0 aromatic carbocycles. The van der Waals surface area contributed by atoms with Crippen molar-refractivity contribution in [2.24, 2.45) is 0 Å². The molecule has 0 bridgehead atoms. The summed E-state index contributed by atoms with van der Waals surface area (Å²) in [4.78, 5) is 2.48. The second-order valence-electron chi connectivity index (χ2n) is 3.75. The van der Waals surface area contributed by atoms with E-state index in [9.17, 15) is 0 Å². The van der Waals surface area contributed by atoms with Gasteiger partial charge in [0.05, 0.1) is 0 Å². The molecule has 1 aliphatic rings. The second-order valence-corrected chi connectivity index (χ2v) is 3.75. The minimum Gasteiger partial charge on any atom is -0.300 e. The molecule has 1 nitrogen and oxygen atoms in total. The minimum atomic E-state index is 1.17. The van der Waals surface area contributed by atoms with Gasteiger partial charge in [-0.25, -0.2) is 0 Å². The Balaban J connectivity index is 0.000000424. The Morgan fingerprint density at radius 3 is 2.46 bits per heavy atom. The molecule has 0 aromatic rings. The Hall–Kier alpha value is -0.300.